The van der Waals surface area contributed by atoms with E-state index in [1.54, 1.807) is 31.2 Å². The molecular formula is C23H32N2O5S. The maximum Gasteiger partial charge on any atom is 0.244 e. The molecule has 2 rings (SSSR count). The van der Waals surface area contributed by atoms with Crippen molar-refractivity contribution in [3.05, 3.63) is 54.1 Å². The van der Waals surface area contributed by atoms with Gasteiger partial charge in [0.15, 0.2) is 0 Å². The van der Waals surface area contributed by atoms with Gasteiger partial charge in [0.25, 0.3) is 0 Å². The third-order valence-electron chi connectivity index (χ3n) is 4.70. The second-order valence-electron chi connectivity index (χ2n) is 7.40. The highest BCUT2D eigenvalue weighted by Crippen LogP contribution is 2.25. The lowest BCUT2D eigenvalue weighted by Gasteiger charge is -2.31. The standard InChI is InChI=1S/C23H32N2O5S/c1-6-21(23(26)24-18(4)16-30-22-11-9-8-10-17(22)3)25(31(5,27)28)19-12-14-20(15-13-19)29-7-2/h8-15,18,21H,6-7,16H2,1-5H3,(H,24,26)/t18-,21-/m0/s1. The molecule has 0 fully saturated rings. The number of rotatable bonds is 11. The van der Waals surface area contributed by atoms with E-state index < -0.39 is 16.1 Å². The molecule has 0 aliphatic rings. The minimum atomic E-state index is -3.70. The van der Waals surface area contributed by atoms with Gasteiger partial charge in [-0.05, 0) is 63.1 Å². The lowest BCUT2D eigenvalue weighted by Crippen LogP contribution is -2.52. The molecule has 0 heterocycles. The first-order valence-electron chi connectivity index (χ1n) is 10.4. The van der Waals surface area contributed by atoms with Crippen LogP contribution in [0.2, 0.25) is 0 Å². The van der Waals surface area contributed by atoms with Gasteiger partial charge in [0.05, 0.1) is 24.6 Å². The van der Waals surface area contributed by atoms with E-state index in [0.29, 0.717) is 24.5 Å². The summed E-state index contributed by atoms with van der Waals surface area (Å²) in [6.45, 7) is 8.22. The van der Waals surface area contributed by atoms with Crippen molar-refractivity contribution in [2.24, 2.45) is 0 Å². The first-order chi connectivity index (χ1) is 14.7. The molecule has 2 atom stereocenters. The van der Waals surface area contributed by atoms with E-state index in [4.69, 9.17) is 9.47 Å². The molecule has 8 heteroatoms. The molecule has 0 saturated heterocycles. The summed E-state index contributed by atoms with van der Waals surface area (Å²) in [6, 6.07) is 13.1. The molecule has 7 nitrogen and oxygen atoms in total. The number of aryl methyl sites for hydroxylation is 1. The first kappa shape index (κ1) is 24.5. The van der Waals surface area contributed by atoms with Crippen molar-refractivity contribution in [1.29, 1.82) is 0 Å². The molecule has 2 aromatic carbocycles. The van der Waals surface area contributed by atoms with Gasteiger partial charge < -0.3 is 14.8 Å². The summed E-state index contributed by atoms with van der Waals surface area (Å²) >= 11 is 0. The Kier molecular flexibility index (Phi) is 8.74. The maximum atomic E-state index is 13.0. The maximum absolute atomic E-state index is 13.0. The predicted octanol–water partition coefficient (Wildman–Crippen LogP) is 3.52. The number of hydrogen-bond donors (Lipinski definition) is 1. The van der Waals surface area contributed by atoms with Crippen LogP contribution in [0.15, 0.2) is 48.5 Å². The zero-order chi connectivity index (χ0) is 23.0. The third-order valence-corrected chi connectivity index (χ3v) is 5.88. The Labute approximate surface area is 185 Å². The SMILES string of the molecule is CCOc1ccc(N([C@@H](CC)C(=O)N[C@@H](C)COc2ccccc2C)S(C)(=O)=O)cc1. The Balaban J connectivity index is 2.13. The Morgan fingerprint density at radius 1 is 1.06 bits per heavy atom. The van der Waals surface area contributed by atoms with Crippen LogP contribution in [0.1, 0.15) is 32.8 Å². The highest BCUT2D eigenvalue weighted by molar-refractivity contribution is 7.92. The minimum absolute atomic E-state index is 0.273. The smallest absolute Gasteiger partial charge is 0.244 e. The monoisotopic (exact) mass is 448 g/mol. The summed E-state index contributed by atoms with van der Waals surface area (Å²) in [5, 5.41) is 2.88. The molecule has 1 N–H and O–H groups in total. The van der Waals surface area contributed by atoms with Crippen molar-refractivity contribution in [3.63, 3.8) is 0 Å². The molecule has 1 amide bonds. The van der Waals surface area contributed by atoms with Crippen molar-refractivity contribution >= 4 is 21.6 Å². The quantitative estimate of drug-likeness (QED) is 0.569. The van der Waals surface area contributed by atoms with Gasteiger partial charge in [-0.25, -0.2) is 8.42 Å². The summed E-state index contributed by atoms with van der Waals surface area (Å²) in [5.41, 5.74) is 1.42. The van der Waals surface area contributed by atoms with E-state index in [1.165, 1.54) is 0 Å². The van der Waals surface area contributed by atoms with Gasteiger partial charge in [0.1, 0.15) is 24.1 Å². The normalized spacial score (nSPS) is 13.2. The van der Waals surface area contributed by atoms with Crippen LogP contribution in [0.25, 0.3) is 0 Å². The molecule has 170 valence electrons. The number of ether oxygens (including phenoxy) is 2. The fraction of sp³-hybridized carbons (Fsp3) is 0.435. The second kappa shape index (κ2) is 11.0. The third kappa shape index (κ3) is 6.89. The summed E-state index contributed by atoms with van der Waals surface area (Å²) in [5.74, 6) is 1.02. The zero-order valence-electron chi connectivity index (χ0n) is 18.8. The van der Waals surface area contributed by atoms with Gasteiger partial charge in [-0.3, -0.25) is 9.10 Å². The van der Waals surface area contributed by atoms with E-state index in [-0.39, 0.29) is 18.6 Å². The summed E-state index contributed by atoms with van der Waals surface area (Å²) in [4.78, 5) is 13.0. The number of sulfonamides is 1. The summed E-state index contributed by atoms with van der Waals surface area (Å²) < 4.78 is 37.5. The number of carbonyl (C=O) groups excluding carboxylic acids is 1. The largest absolute Gasteiger partial charge is 0.494 e. The summed E-state index contributed by atoms with van der Waals surface area (Å²) in [7, 11) is -3.70. The molecule has 0 spiro atoms. The van der Waals surface area contributed by atoms with Crippen LogP contribution in [0.4, 0.5) is 5.69 Å². The van der Waals surface area contributed by atoms with Gasteiger partial charge in [-0.1, -0.05) is 25.1 Å². The van der Waals surface area contributed by atoms with Crippen molar-refractivity contribution in [1.82, 2.24) is 5.32 Å². The molecular weight excluding hydrogens is 416 g/mol. The van der Waals surface area contributed by atoms with Crippen LogP contribution in [-0.2, 0) is 14.8 Å². The topological polar surface area (TPSA) is 84.9 Å². The van der Waals surface area contributed by atoms with E-state index in [1.807, 2.05) is 45.0 Å². The molecule has 0 bridgehead atoms. The van der Waals surface area contributed by atoms with Crippen molar-refractivity contribution < 1.29 is 22.7 Å². The Morgan fingerprint density at radius 3 is 2.26 bits per heavy atom. The van der Waals surface area contributed by atoms with Crippen LogP contribution in [0.3, 0.4) is 0 Å². The highest BCUT2D eigenvalue weighted by atomic mass is 32.2. The van der Waals surface area contributed by atoms with Crippen LogP contribution >= 0.6 is 0 Å². The van der Waals surface area contributed by atoms with E-state index >= 15 is 0 Å². The Morgan fingerprint density at radius 2 is 1.71 bits per heavy atom. The predicted molar refractivity (Wildman–Crippen MR) is 123 cm³/mol. The van der Waals surface area contributed by atoms with Crippen molar-refractivity contribution in [2.45, 2.75) is 46.2 Å². The van der Waals surface area contributed by atoms with Gasteiger partial charge in [-0.15, -0.1) is 0 Å². The molecule has 2 aromatic rings. The molecule has 0 unspecified atom stereocenters. The van der Waals surface area contributed by atoms with Crippen molar-refractivity contribution in [3.8, 4) is 11.5 Å². The summed E-state index contributed by atoms with van der Waals surface area (Å²) in [6.07, 6.45) is 1.42. The molecule has 0 aliphatic heterocycles. The number of para-hydroxylation sites is 1. The first-order valence-corrected chi connectivity index (χ1v) is 12.2. The number of anilines is 1. The average molecular weight is 449 g/mol. The molecule has 31 heavy (non-hydrogen) atoms. The van der Waals surface area contributed by atoms with E-state index in [9.17, 15) is 13.2 Å². The van der Waals surface area contributed by atoms with Crippen LogP contribution in [0, 0.1) is 6.92 Å². The number of hydrogen-bond acceptors (Lipinski definition) is 5. The zero-order valence-corrected chi connectivity index (χ0v) is 19.6. The Hall–Kier alpha value is -2.74. The highest BCUT2D eigenvalue weighted by Gasteiger charge is 2.32. The van der Waals surface area contributed by atoms with E-state index in [2.05, 4.69) is 5.32 Å². The fourth-order valence-corrected chi connectivity index (χ4v) is 4.44. The van der Waals surface area contributed by atoms with Gasteiger partial charge >= 0.3 is 0 Å². The number of nitrogens with one attached hydrogen (secondary N) is 1. The lowest BCUT2D eigenvalue weighted by atomic mass is 10.1. The Bertz CT molecular complexity index is 960. The number of carbonyl (C=O) groups is 1. The van der Waals surface area contributed by atoms with Gasteiger partial charge in [0.2, 0.25) is 15.9 Å². The average Bonchev–Trinajstić information content (AvgIpc) is 2.71. The second-order valence-corrected chi connectivity index (χ2v) is 9.26. The lowest BCUT2D eigenvalue weighted by molar-refractivity contribution is -0.123. The van der Waals surface area contributed by atoms with Gasteiger partial charge in [0, 0.05) is 0 Å². The van der Waals surface area contributed by atoms with E-state index in [0.717, 1.165) is 21.9 Å². The van der Waals surface area contributed by atoms with Crippen LogP contribution in [0.5, 0.6) is 11.5 Å². The number of nitrogens with zero attached hydrogens (tertiary/aromatic N) is 1. The van der Waals surface area contributed by atoms with Gasteiger partial charge in [-0.2, -0.15) is 0 Å². The molecule has 0 aromatic heterocycles. The molecule has 0 aliphatic carbocycles. The number of benzene rings is 2. The van der Waals surface area contributed by atoms with Crippen molar-refractivity contribution in [2.75, 3.05) is 23.8 Å². The van der Waals surface area contributed by atoms with Crippen LogP contribution in [-0.4, -0.2) is 45.9 Å². The fourth-order valence-electron chi connectivity index (χ4n) is 3.23. The minimum Gasteiger partial charge on any atom is -0.494 e. The molecule has 0 radical (unpaired) electrons. The molecule has 0 saturated carbocycles. The number of amides is 1. The van der Waals surface area contributed by atoms with Crippen LogP contribution < -0.4 is 19.1 Å².